The maximum absolute atomic E-state index is 11.6. The van der Waals surface area contributed by atoms with Crippen LogP contribution < -0.4 is 5.32 Å². The molecule has 0 aliphatic carbocycles. The predicted octanol–water partition coefficient (Wildman–Crippen LogP) is -0.0825. The van der Waals surface area contributed by atoms with Crippen molar-refractivity contribution in [3.05, 3.63) is 0 Å². The lowest BCUT2D eigenvalue weighted by Gasteiger charge is -2.28. The second-order valence-corrected chi connectivity index (χ2v) is 4.91. The van der Waals surface area contributed by atoms with E-state index in [1.54, 1.807) is 7.05 Å². The third-order valence-electron chi connectivity index (χ3n) is 2.62. The Bertz CT molecular complexity index is 276. The number of likely N-dealkylation sites (N-methyl/N-ethyl adjacent to an activating group) is 1. The molecule has 15 heavy (non-hydrogen) atoms. The molecule has 1 atom stereocenters. The highest BCUT2D eigenvalue weighted by Crippen LogP contribution is 2.20. The van der Waals surface area contributed by atoms with Crippen molar-refractivity contribution in [3.63, 3.8) is 0 Å². The van der Waals surface area contributed by atoms with Crippen molar-refractivity contribution < 1.29 is 14.7 Å². The standard InChI is InChI=1S/C10H18N2O3/c1-10(2)5-11-9(15)7(4-8(13)14)12(3)6-10/h7H,4-6H2,1-3H3,(H,11,15)(H,13,14). The van der Waals surface area contributed by atoms with Crippen molar-refractivity contribution in [2.24, 2.45) is 5.41 Å². The van der Waals surface area contributed by atoms with Gasteiger partial charge in [0.2, 0.25) is 5.91 Å². The summed E-state index contributed by atoms with van der Waals surface area (Å²) in [5.41, 5.74) is -0.0162. The van der Waals surface area contributed by atoms with E-state index >= 15 is 0 Å². The number of amides is 1. The number of carboxylic acids is 1. The van der Waals surface area contributed by atoms with Crippen LogP contribution in [0.3, 0.4) is 0 Å². The Kier molecular flexibility index (Phi) is 3.34. The number of carbonyl (C=O) groups is 2. The van der Waals surface area contributed by atoms with Crippen LogP contribution in [0.5, 0.6) is 0 Å². The molecule has 1 amide bonds. The number of rotatable bonds is 2. The molecule has 0 aromatic carbocycles. The first-order valence-electron chi connectivity index (χ1n) is 5.01. The van der Waals surface area contributed by atoms with Crippen molar-refractivity contribution in [2.45, 2.75) is 26.3 Å². The highest BCUT2D eigenvalue weighted by atomic mass is 16.4. The fraction of sp³-hybridized carbons (Fsp3) is 0.800. The van der Waals surface area contributed by atoms with E-state index in [0.717, 1.165) is 0 Å². The highest BCUT2D eigenvalue weighted by molar-refractivity contribution is 5.86. The van der Waals surface area contributed by atoms with Crippen molar-refractivity contribution in [1.29, 1.82) is 0 Å². The third kappa shape index (κ3) is 3.20. The summed E-state index contributed by atoms with van der Waals surface area (Å²) >= 11 is 0. The molecule has 1 aliphatic rings. The number of aliphatic carboxylic acids is 1. The lowest BCUT2D eigenvalue weighted by Crippen LogP contribution is -2.43. The minimum Gasteiger partial charge on any atom is -0.481 e. The molecule has 1 heterocycles. The van der Waals surface area contributed by atoms with E-state index in [0.29, 0.717) is 13.1 Å². The van der Waals surface area contributed by atoms with Crippen LogP contribution in [-0.4, -0.2) is 48.1 Å². The van der Waals surface area contributed by atoms with Crippen molar-refractivity contribution in [1.82, 2.24) is 10.2 Å². The van der Waals surface area contributed by atoms with Crippen LogP contribution in [-0.2, 0) is 9.59 Å². The predicted molar refractivity (Wildman–Crippen MR) is 55.5 cm³/mol. The van der Waals surface area contributed by atoms with E-state index in [2.05, 4.69) is 5.32 Å². The largest absolute Gasteiger partial charge is 0.481 e. The van der Waals surface area contributed by atoms with Gasteiger partial charge in [-0.2, -0.15) is 0 Å². The van der Waals surface area contributed by atoms with Crippen LogP contribution in [0.4, 0.5) is 0 Å². The Hall–Kier alpha value is -1.10. The maximum atomic E-state index is 11.6. The fourth-order valence-corrected chi connectivity index (χ4v) is 1.90. The van der Waals surface area contributed by atoms with E-state index in [4.69, 9.17) is 5.11 Å². The summed E-state index contributed by atoms with van der Waals surface area (Å²) in [7, 11) is 1.79. The van der Waals surface area contributed by atoms with Gasteiger partial charge < -0.3 is 10.4 Å². The maximum Gasteiger partial charge on any atom is 0.305 e. The highest BCUT2D eigenvalue weighted by Gasteiger charge is 2.34. The van der Waals surface area contributed by atoms with Crippen LogP contribution in [0.2, 0.25) is 0 Å². The van der Waals surface area contributed by atoms with Gasteiger partial charge in [0.15, 0.2) is 0 Å². The zero-order chi connectivity index (χ0) is 11.6. The molecule has 0 radical (unpaired) electrons. The van der Waals surface area contributed by atoms with E-state index in [9.17, 15) is 9.59 Å². The molecule has 1 saturated heterocycles. The van der Waals surface area contributed by atoms with Crippen molar-refractivity contribution in [2.75, 3.05) is 20.1 Å². The van der Waals surface area contributed by atoms with Gasteiger partial charge in [-0.15, -0.1) is 0 Å². The molecule has 1 aliphatic heterocycles. The Balaban J connectivity index is 2.77. The van der Waals surface area contributed by atoms with Crippen LogP contribution in [0.25, 0.3) is 0 Å². The number of carbonyl (C=O) groups excluding carboxylic acids is 1. The van der Waals surface area contributed by atoms with Crippen molar-refractivity contribution >= 4 is 11.9 Å². The average Bonchev–Trinajstić information content (AvgIpc) is 2.16. The number of nitrogens with zero attached hydrogens (tertiary/aromatic N) is 1. The number of nitrogens with one attached hydrogen (secondary N) is 1. The van der Waals surface area contributed by atoms with Crippen LogP contribution >= 0.6 is 0 Å². The van der Waals surface area contributed by atoms with E-state index < -0.39 is 12.0 Å². The lowest BCUT2D eigenvalue weighted by atomic mass is 9.93. The molecule has 0 bridgehead atoms. The molecule has 0 aromatic heterocycles. The molecule has 5 heteroatoms. The van der Waals surface area contributed by atoms with Crippen LogP contribution in [0, 0.1) is 5.41 Å². The number of hydrogen-bond donors (Lipinski definition) is 2. The summed E-state index contributed by atoms with van der Waals surface area (Å²) in [6.07, 6.45) is -0.140. The van der Waals surface area contributed by atoms with E-state index in [1.165, 1.54) is 0 Å². The Morgan fingerprint density at radius 3 is 2.80 bits per heavy atom. The zero-order valence-electron chi connectivity index (χ0n) is 9.41. The minimum atomic E-state index is -0.943. The van der Waals surface area contributed by atoms with E-state index in [-0.39, 0.29) is 17.7 Å². The Labute approximate surface area is 89.4 Å². The molecular formula is C10H18N2O3. The van der Waals surface area contributed by atoms with Gasteiger partial charge in [0.1, 0.15) is 0 Å². The van der Waals surface area contributed by atoms with Crippen molar-refractivity contribution in [3.8, 4) is 0 Å². The summed E-state index contributed by atoms with van der Waals surface area (Å²) in [5, 5.41) is 11.5. The summed E-state index contributed by atoms with van der Waals surface area (Å²) in [5.74, 6) is -1.13. The molecule has 86 valence electrons. The molecule has 0 saturated carbocycles. The van der Waals surface area contributed by atoms with Gasteiger partial charge in [-0.25, -0.2) is 0 Å². The molecule has 1 unspecified atom stereocenters. The quantitative estimate of drug-likeness (QED) is 0.674. The first-order valence-corrected chi connectivity index (χ1v) is 5.01. The smallest absolute Gasteiger partial charge is 0.305 e. The molecule has 2 N–H and O–H groups in total. The molecular weight excluding hydrogens is 196 g/mol. The van der Waals surface area contributed by atoms with Crippen LogP contribution in [0.15, 0.2) is 0 Å². The first kappa shape index (κ1) is 12.0. The van der Waals surface area contributed by atoms with Gasteiger partial charge in [0.05, 0.1) is 12.5 Å². The normalized spacial score (nSPS) is 26.9. The Morgan fingerprint density at radius 2 is 2.27 bits per heavy atom. The monoisotopic (exact) mass is 214 g/mol. The van der Waals surface area contributed by atoms with Gasteiger partial charge in [-0.1, -0.05) is 13.8 Å². The second kappa shape index (κ2) is 4.18. The van der Waals surface area contributed by atoms with E-state index in [1.807, 2.05) is 18.7 Å². The zero-order valence-corrected chi connectivity index (χ0v) is 9.41. The summed E-state index contributed by atoms with van der Waals surface area (Å²) < 4.78 is 0. The van der Waals surface area contributed by atoms with Gasteiger partial charge in [0, 0.05) is 13.1 Å². The average molecular weight is 214 g/mol. The number of carboxylic acid groups (broad SMARTS) is 1. The molecule has 0 aromatic rings. The third-order valence-corrected chi connectivity index (χ3v) is 2.62. The van der Waals surface area contributed by atoms with Gasteiger partial charge in [-0.05, 0) is 12.5 Å². The molecule has 0 spiro atoms. The molecule has 1 fully saturated rings. The summed E-state index contributed by atoms with van der Waals surface area (Å²) in [6.45, 7) is 5.40. The fourth-order valence-electron chi connectivity index (χ4n) is 1.90. The Morgan fingerprint density at radius 1 is 1.67 bits per heavy atom. The first-order chi connectivity index (χ1) is 6.82. The van der Waals surface area contributed by atoms with Gasteiger partial charge in [0.25, 0.3) is 0 Å². The SMILES string of the molecule is CN1CC(C)(C)CNC(=O)C1CC(=O)O. The second-order valence-electron chi connectivity index (χ2n) is 4.91. The molecule has 5 nitrogen and oxygen atoms in total. The molecule has 1 rings (SSSR count). The van der Waals surface area contributed by atoms with Crippen LogP contribution in [0.1, 0.15) is 20.3 Å². The lowest BCUT2D eigenvalue weighted by molar-refractivity contribution is -0.141. The summed E-state index contributed by atoms with van der Waals surface area (Å²) in [6, 6.07) is -0.552. The van der Waals surface area contributed by atoms with Gasteiger partial charge >= 0.3 is 5.97 Å². The minimum absolute atomic E-state index is 0.0162. The van der Waals surface area contributed by atoms with Gasteiger partial charge in [-0.3, -0.25) is 14.5 Å². The summed E-state index contributed by atoms with van der Waals surface area (Å²) in [4.78, 5) is 24.1. The number of hydrogen-bond acceptors (Lipinski definition) is 3. The topological polar surface area (TPSA) is 69.6 Å².